The lowest BCUT2D eigenvalue weighted by molar-refractivity contribution is 0.608. The average Bonchev–Trinajstić information content (AvgIpc) is 3.70. The molecule has 212 valence electrons. The molecular formula is C36H34BrN3S2. The number of benzene rings is 4. The Kier molecular flexibility index (Phi) is 9.44. The van der Waals surface area contributed by atoms with Gasteiger partial charge in [-0.05, 0) is 88.4 Å². The predicted molar refractivity (Wildman–Crippen MR) is 186 cm³/mol. The van der Waals surface area contributed by atoms with Crippen LogP contribution >= 0.6 is 39.0 Å². The standard InChI is InChI=1S/C36H34BrN3S2/c1-2-3-4-5-6-9-14-27-25-33(31-23-24-32(37)35-34(31)38-42-39-35)41-36(27)26-19-21-30(22-20-26)40(28-15-10-7-11-16-28)29-17-12-8-13-18-29/h7-8,10-13,15-25H,2-6,9,14H2,1H3. The number of fused-ring (bicyclic) bond motifs is 1. The van der Waals surface area contributed by atoms with Gasteiger partial charge in [0.2, 0.25) is 0 Å². The maximum atomic E-state index is 4.66. The summed E-state index contributed by atoms with van der Waals surface area (Å²) in [5, 5.41) is 0. The molecule has 6 rings (SSSR count). The van der Waals surface area contributed by atoms with Crippen molar-refractivity contribution in [2.45, 2.75) is 51.9 Å². The second-order valence-corrected chi connectivity index (χ2v) is 13.0. The highest BCUT2D eigenvalue weighted by molar-refractivity contribution is 9.10. The molecule has 0 N–H and O–H groups in total. The third-order valence-electron chi connectivity index (χ3n) is 7.66. The third kappa shape index (κ3) is 6.36. The predicted octanol–water partition coefficient (Wildman–Crippen LogP) is 12.2. The first-order valence-electron chi connectivity index (χ1n) is 14.8. The maximum absolute atomic E-state index is 4.66. The highest BCUT2D eigenvalue weighted by Crippen LogP contribution is 2.43. The molecule has 6 heteroatoms. The van der Waals surface area contributed by atoms with Crippen LogP contribution in [0.25, 0.3) is 31.9 Å². The van der Waals surface area contributed by atoms with Crippen molar-refractivity contribution in [2.75, 3.05) is 4.90 Å². The van der Waals surface area contributed by atoms with E-state index in [9.17, 15) is 0 Å². The van der Waals surface area contributed by atoms with E-state index in [-0.39, 0.29) is 0 Å². The van der Waals surface area contributed by atoms with Crippen LogP contribution in [0.5, 0.6) is 0 Å². The third-order valence-corrected chi connectivity index (χ3v) is 10.1. The van der Waals surface area contributed by atoms with E-state index in [4.69, 9.17) is 0 Å². The molecule has 0 bridgehead atoms. The number of rotatable bonds is 12. The molecule has 0 amide bonds. The van der Waals surface area contributed by atoms with E-state index >= 15 is 0 Å². The highest BCUT2D eigenvalue weighted by Gasteiger charge is 2.18. The highest BCUT2D eigenvalue weighted by atomic mass is 79.9. The SMILES string of the molecule is CCCCCCCCc1cc(-c2ccc(Br)c3nsnc23)sc1-c1ccc(N(c2ccccc2)c2ccccc2)cc1. The van der Waals surface area contributed by atoms with Crippen LogP contribution in [-0.2, 0) is 6.42 Å². The topological polar surface area (TPSA) is 29.0 Å². The lowest BCUT2D eigenvalue weighted by Gasteiger charge is -2.25. The summed E-state index contributed by atoms with van der Waals surface area (Å²) in [6.07, 6.45) is 8.88. The summed E-state index contributed by atoms with van der Waals surface area (Å²) in [6, 6.07) is 36.9. The van der Waals surface area contributed by atoms with Crippen LogP contribution in [0, 0.1) is 0 Å². The molecule has 0 spiro atoms. The van der Waals surface area contributed by atoms with Gasteiger partial charge in [0.1, 0.15) is 11.0 Å². The summed E-state index contributed by atoms with van der Waals surface area (Å²) in [7, 11) is 0. The van der Waals surface area contributed by atoms with Crippen molar-refractivity contribution in [2.24, 2.45) is 0 Å². The Morgan fingerprint density at radius 2 is 1.29 bits per heavy atom. The van der Waals surface area contributed by atoms with E-state index in [0.29, 0.717) is 0 Å². The summed E-state index contributed by atoms with van der Waals surface area (Å²) in [5.74, 6) is 0. The quantitative estimate of drug-likeness (QED) is 0.123. The van der Waals surface area contributed by atoms with E-state index in [1.807, 2.05) is 11.3 Å². The zero-order valence-electron chi connectivity index (χ0n) is 23.8. The van der Waals surface area contributed by atoms with Crippen molar-refractivity contribution in [3.8, 4) is 20.9 Å². The number of halogens is 1. The molecule has 4 aromatic carbocycles. The van der Waals surface area contributed by atoms with Gasteiger partial charge in [0, 0.05) is 36.9 Å². The van der Waals surface area contributed by atoms with E-state index in [1.165, 1.54) is 76.7 Å². The van der Waals surface area contributed by atoms with Gasteiger partial charge >= 0.3 is 0 Å². The van der Waals surface area contributed by atoms with Crippen molar-refractivity contribution in [1.29, 1.82) is 0 Å². The van der Waals surface area contributed by atoms with E-state index < -0.39 is 0 Å². The molecule has 0 aliphatic carbocycles. The van der Waals surface area contributed by atoms with E-state index in [0.717, 1.165) is 39.0 Å². The first kappa shape index (κ1) is 28.8. The smallest absolute Gasteiger partial charge is 0.119 e. The first-order valence-corrected chi connectivity index (χ1v) is 17.1. The fraction of sp³-hybridized carbons (Fsp3) is 0.222. The van der Waals surface area contributed by atoms with Gasteiger partial charge in [0.25, 0.3) is 0 Å². The van der Waals surface area contributed by atoms with Crippen LogP contribution in [0.3, 0.4) is 0 Å². The number of aryl methyl sites for hydroxylation is 1. The van der Waals surface area contributed by atoms with Gasteiger partial charge in [0.15, 0.2) is 0 Å². The summed E-state index contributed by atoms with van der Waals surface area (Å²) in [4.78, 5) is 4.93. The normalized spacial score (nSPS) is 11.3. The van der Waals surface area contributed by atoms with Gasteiger partial charge in [-0.15, -0.1) is 11.3 Å². The number of para-hydroxylation sites is 2. The van der Waals surface area contributed by atoms with Crippen LogP contribution in [0.15, 0.2) is 108 Å². The molecule has 0 aliphatic rings. The van der Waals surface area contributed by atoms with Gasteiger partial charge in [-0.3, -0.25) is 0 Å². The molecule has 0 atom stereocenters. The van der Waals surface area contributed by atoms with Crippen molar-refractivity contribution >= 4 is 67.1 Å². The molecule has 0 aliphatic heterocycles. The molecule has 6 aromatic rings. The molecule has 0 unspecified atom stereocenters. The van der Waals surface area contributed by atoms with Gasteiger partial charge in [-0.25, -0.2) is 0 Å². The zero-order valence-corrected chi connectivity index (χ0v) is 27.0. The van der Waals surface area contributed by atoms with Crippen LogP contribution in [-0.4, -0.2) is 8.75 Å². The number of aromatic nitrogens is 2. The first-order chi connectivity index (χ1) is 20.7. The van der Waals surface area contributed by atoms with Gasteiger partial charge in [0.05, 0.1) is 11.7 Å². The number of nitrogens with zero attached hydrogens (tertiary/aromatic N) is 3. The average molecular weight is 653 g/mol. The molecule has 0 saturated heterocycles. The Morgan fingerprint density at radius 3 is 1.98 bits per heavy atom. The molecular weight excluding hydrogens is 618 g/mol. The molecule has 0 fully saturated rings. The lowest BCUT2D eigenvalue weighted by Crippen LogP contribution is -2.09. The van der Waals surface area contributed by atoms with E-state index in [1.54, 1.807) is 0 Å². The Balaban J connectivity index is 1.35. The van der Waals surface area contributed by atoms with Crippen LogP contribution in [0.2, 0.25) is 0 Å². The lowest BCUT2D eigenvalue weighted by atomic mass is 10.0. The van der Waals surface area contributed by atoms with Crippen LogP contribution in [0.1, 0.15) is 51.0 Å². The fourth-order valence-corrected chi connectivity index (χ4v) is 7.83. The molecule has 42 heavy (non-hydrogen) atoms. The van der Waals surface area contributed by atoms with Gasteiger partial charge in [-0.2, -0.15) is 8.75 Å². The molecule has 2 aromatic heterocycles. The zero-order chi connectivity index (χ0) is 28.7. The summed E-state index contributed by atoms with van der Waals surface area (Å²) in [6.45, 7) is 2.28. The minimum absolute atomic E-state index is 0.941. The summed E-state index contributed by atoms with van der Waals surface area (Å²) < 4.78 is 10.2. The number of hydrogen-bond donors (Lipinski definition) is 0. The van der Waals surface area contributed by atoms with Crippen molar-refractivity contribution < 1.29 is 0 Å². The Hall–Kier alpha value is -3.32. The second kappa shape index (κ2) is 13.8. The second-order valence-electron chi connectivity index (χ2n) is 10.6. The van der Waals surface area contributed by atoms with Gasteiger partial charge in [-0.1, -0.05) is 93.6 Å². The van der Waals surface area contributed by atoms with Crippen molar-refractivity contribution in [3.05, 3.63) is 113 Å². The Morgan fingerprint density at radius 1 is 0.667 bits per heavy atom. The van der Waals surface area contributed by atoms with Crippen LogP contribution in [0.4, 0.5) is 17.1 Å². The number of anilines is 3. The molecule has 3 nitrogen and oxygen atoms in total. The molecule has 0 saturated carbocycles. The Labute approximate surface area is 265 Å². The largest absolute Gasteiger partial charge is 0.311 e. The number of thiophene rings is 1. The number of unbranched alkanes of at least 4 members (excludes halogenated alkanes) is 5. The Bertz CT molecular complexity index is 1690. The van der Waals surface area contributed by atoms with Crippen LogP contribution < -0.4 is 4.90 Å². The number of hydrogen-bond acceptors (Lipinski definition) is 5. The maximum Gasteiger partial charge on any atom is 0.119 e. The monoisotopic (exact) mass is 651 g/mol. The summed E-state index contributed by atoms with van der Waals surface area (Å²) in [5.41, 5.74) is 9.22. The molecule has 2 heterocycles. The minimum atomic E-state index is 0.941. The molecule has 0 radical (unpaired) electrons. The summed E-state index contributed by atoms with van der Waals surface area (Å²) >= 11 is 6.81. The van der Waals surface area contributed by atoms with Crippen molar-refractivity contribution in [1.82, 2.24) is 8.75 Å². The van der Waals surface area contributed by atoms with E-state index in [2.05, 4.69) is 140 Å². The van der Waals surface area contributed by atoms with Crippen molar-refractivity contribution in [3.63, 3.8) is 0 Å². The minimum Gasteiger partial charge on any atom is -0.311 e. The fourth-order valence-electron chi connectivity index (χ4n) is 5.49. The van der Waals surface area contributed by atoms with Gasteiger partial charge < -0.3 is 4.90 Å².